The van der Waals surface area contributed by atoms with E-state index in [0.717, 1.165) is 18.6 Å². The Hall–Kier alpha value is -2.09. The number of carbonyl (C=O) groups is 1. The Morgan fingerprint density at radius 2 is 1.33 bits per heavy atom. The molecule has 2 aromatic rings. The van der Waals surface area contributed by atoms with Crippen LogP contribution in [0.25, 0.3) is 0 Å². The number of ketones is 1. The molecule has 2 rings (SSSR count). The van der Waals surface area contributed by atoms with Crippen molar-refractivity contribution in [3.8, 4) is 5.75 Å². The van der Waals surface area contributed by atoms with Crippen LogP contribution in [0.4, 0.5) is 0 Å². The first-order valence-electron chi connectivity index (χ1n) is 8.55. The highest BCUT2D eigenvalue weighted by Gasteiger charge is 2.23. The summed E-state index contributed by atoms with van der Waals surface area (Å²) < 4.78 is 6.13. The molecule has 24 heavy (non-hydrogen) atoms. The summed E-state index contributed by atoms with van der Waals surface area (Å²) in [4.78, 5) is 12.4. The topological polar surface area (TPSA) is 26.3 Å². The summed E-state index contributed by atoms with van der Waals surface area (Å²) in [5.41, 5.74) is 1.46. The van der Waals surface area contributed by atoms with Crippen LogP contribution in [0.1, 0.15) is 63.4 Å². The molecule has 0 fully saturated rings. The molecule has 0 spiro atoms. The number of hydrogen-bond donors (Lipinski definition) is 0. The normalized spacial score (nSPS) is 12.0. The van der Waals surface area contributed by atoms with Crippen LogP contribution in [0.3, 0.4) is 0 Å². The zero-order valence-electron chi connectivity index (χ0n) is 15.4. The van der Waals surface area contributed by atoms with E-state index in [4.69, 9.17) is 4.74 Å². The van der Waals surface area contributed by atoms with Gasteiger partial charge in [-0.3, -0.25) is 4.79 Å². The molecule has 0 atom stereocenters. The number of carbonyl (C=O) groups excluding carboxylic acids is 1. The summed E-state index contributed by atoms with van der Waals surface area (Å²) >= 11 is 0. The largest absolute Gasteiger partial charge is 0.488 e. The van der Waals surface area contributed by atoms with E-state index in [-0.39, 0.29) is 11.4 Å². The SMILES string of the molecule is CC(C)(C)CCC(C)(C)Oc1ccc(C(=O)c2ccccc2)cc1. The second-order valence-electron chi connectivity index (χ2n) is 8.14. The molecule has 0 aliphatic carbocycles. The summed E-state index contributed by atoms with van der Waals surface area (Å²) in [6.45, 7) is 11.0. The molecule has 0 aromatic heterocycles. The van der Waals surface area contributed by atoms with Crippen LogP contribution in [-0.2, 0) is 0 Å². The van der Waals surface area contributed by atoms with Crippen LogP contribution >= 0.6 is 0 Å². The monoisotopic (exact) mass is 324 g/mol. The lowest BCUT2D eigenvalue weighted by Crippen LogP contribution is -2.29. The van der Waals surface area contributed by atoms with Gasteiger partial charge in [-0.05, 0) is 56.4 Å². The summed E-state index contributed by atoms with van der Waals surface area (Å²) in [5.74, 6) is 0.840. The third-order valence-electron chi connectivity index (χ3n) is 4.02. The van der Waals surface area contributed by atoms with Crippen LogP contribution in [0.2, 0.25) is 0 Å². The van der Waals surface area contributed by atoms with Crippen molar-refractivity contribution in [1.29, 1.82) is 0 Å². The van der Waals surface area contributed by atoms with Crippen LogP contribution in [0.5, 0.6) is 5.75 Å². The highest BCUT2D eigenvalue weighted by Crippen LogP contribution is 2.29. The average molecular weight is 324 g/mol. The summed E-state index contributed by atoms with van der Waals surface area (Å²) in [5, 5.41) is 0. The highest BCUT2D eigenvalue weighted by molar-refractivity contribution is 6.08. The van der Waals surface area contributed by atoms with E-state index in [0.29, 0.717) is 16.5 Å². The first-order chi connectivity index (χ1) is 11.2. The maximum atomic E-state index is 12.4. The Balaban J connectivity index is 2.03. The second kappa shape index (κ2) is 7.21. The van der Waals surface area contributed by atoms with Crippen molar-refractivity contribution in [2.24, 2.45) is 5.41 Å². The van der Waals surface area contributed by atoms with Gasteiger partial charge in [0.15, 0.2) is 5.78 Å². The average Bonchev–Trinajstić information content (AvgIpc) is 2.53. The van der Waals surface area contributed by atoms with Crippen molar-refractivity contribution in [2.45, 2.75) is 53.1 Å². The number of rotatable bonds is 6. The number of benzene rings is 2. The first-order valence-corrected chi connectivity index (χ1v) is 8.55. The maximum Gasteiger partial charge on any atom is 0.193 e. The second-order valence-corrected chi connectivity index (χ2v) is 8.14. The van der Waals surface area contributed by atoms with Gasteiger partial charge in [0.25, 0.3) is 0 Å². The Morgan fingerprint density at radius 3 is 1.88 bits per heavy atom. The van der Waals surface area contributed by atoms with Crippen molar-refractivity contribution in [3.05, 3.63) is 65.7 Å². The fraction of sp³-hybridized carbons (Fsp3) is 0.409. The smallest absolute Gasteiger partial charge is 0.193 e. The van der Waals surface area contributed by atoms with Gasteiger partial charge in [-0.1, -0.05) is 51.1 Å². The van der Waals surface area contributed by atoms with Gasteiger partial charge in [0.2, 0.25) is 0 Å². The van der Waals surface area contributed by atoms with Crippen molar-refractivity contribution in [2.75, 3.05) is 0 Å². The van der Waals surface area contributed by atoms with Crippen molar-refractivity contribution >= 4 is 5.78 Å². The van der Waals surface area contributed by atoms with Gasteiger partial charge in [-0.15, -0.1) is 0 Å². The van der Waals surface area contributed by atoms with Crippen molar-refractivity contribution < 1.29 is 9.53 Å². The molecule has 0 saturated carbocycles. The molecule has 2 nitrogen and oxygen atoms in total. The standard InChI is InChI=1S/C22H28O2/c1-21(2,3)15-16-22(4,5)24-19-13-11-18(12-14-19)20(23)17-9-7-6-8-10-17/h6-14H,15-16H2,1-5H3. The minimum absolute atomic E-state index is 0.0362. The molecule has 0 bridgehead atoms. The molecule has 0 amide bonds. The minimum Gasteiger partial charge on any atom is -0.488 e. The van der Waals surface area contributed by atoms with E-state index in [9.17, 15) is 4.79 Å². The molecule has 0 aliphatic heterocycles. The molecule has 0 N–H and O–H groups in total. The van der Waals surface area contributed by atoms with E-state index in [1.807, 2.05) is 54.6 Å². The van der Waals surface area contributed by atoms with Crippen LogP contribution < -0.4 is 4.74 Å². The number of hydrogen-bond acceptors (Lipinski definition) is 2. The van der Waals surface area contributed by atoms with E-state index < -0.39 is 0 Å². The lowest BCUT2D eigenvalue weighted by Gasteiger charge is -2.30. The third-order valence-corrected chi connectivity index (χ3v) is 4.02. The van der Waals surface area contributed by atoms with E-state index in [1.165, 1.54) is 0 Å². The minimum atomic E-state index is -0.224. The molecule has 0 radical (unpaired) electrons. The van der Waals surface area contributed by atoms with Crippen LogP contribution in [0.15, 0.2) is 54.6 Å². The predicted octanol–water partition coefficient (Wildman–Crippen LogP) is 5.90. The van der Waals surface area contributed by atoms with Crippen molar-refractivity contribution in [1.82, 2.24) is 0 Å². The molecule has 0 saturated heterocycles. The van der Waals surface area contributed by atoms with Gasteiger partial charge in [0.1, 0.15) is 11.4 Å². The highest BCUT2D eigenvalue weighted by atomic mass is 16.5. The zero-order valence-corrected chi connectivity index (χ0v) is 15.4. The van der Waals surface area contributed by atoms with E-state index in [1.54, 1.807) is 0 Å². The van der Waals surface area contributed by atoms with Gasteiger partial charge >= 0.3 is 0 Å². The summed E-state index contributed by atoms with van der Waals surface area (Å²) in [7, 11) is 0. The lowest BCUT2D eigenvalue weighted by molar-refractivity contribution is 0.0847. The van der Waals surface area contributed by atoms with Gasteiger partial charge in [0, 0.05) is 11.1 Å². The van der Waals surface area contributed by atoms with Crippen molar-refractivity contribution in [3.63, 3.8) is 0 Å². The molecular formula is C22H28O2. The summed E-state index contributed by atoms with van der Waals surface area (Å²) in [6, 6.07) is 16.8. The lowest BCUT2D eigenvalue weighted by atomic mass is 9.86. The fourth-order valence-corrected chi connectivity index (χ4v) is 2.48. The van der Waals surface area contributed by atoms with Gasteiger partial charge in [-0.2, -0.15) is 0 Å². The Bertz CT molecular complexity index is 661. The molecule has 0 aliphatic rings. The molecule has 0 heterocycles. The molecule has 2 heteroatoms. The van der Waals surface area contributed by atoms with E-state index in [2.05, 4.69) is 34.6 Å². The predicted molar refractivity (Wildman–Crippen MR) is 99.7 cm³/mol. The molecule has 2 aromatic carbocycles. The zero-order chi connectivity index (χ0) is 17.8. The van der Waals surface area contributed by atoms with Gasteiger partial charge < -0.3 is 4.74 Å². The Morgan fingerprint density at radius 1 is 0.792 bits per heavy atom. The molecule has 128 valence electrons. The Kier molecular flexibility index (Phi) is 5.48. The first kappa shape index (κ1) is 18.3. The quantitative estimate of drug-likeness (QED) is 0.618. The Labute approximate surface area is 145 Å². The van der Waals surface area contributed by atoms with Gasteiger partial charge in [0.05, 0.1) is 0 Å². The molecule has 0 unspecified atom stereocenters. The van der Waals surface area contributed by atoms with Crippen LogP contribution in [-0.4, -0.2) is 11.4 Å². The maximum absolute atomic E-state index is 12.4. The van der Waals surface area contributed by atoms with Gasteiger partial charge in [-0.25, -0.2) is 0 Å². The van der Waals surface area contributed by atoms with Crippen LogP contribution in [0, 0.1) is 5.41 Å². The summed E-state index contributed by atoms with van der Waals surface area (Å²) in [6.07, 6.45) is 2.09. The van der Waals surface area contributed by atoms with E-state index >= 15 is 0 Å². The number of ether oxygens (including phenoxy) is 1. The third kappa shape index (κ3) is 5.52. The fourth-order valence-electron chi connectivity index (χ4n) is 2.48. The molecular weight excluding hydrogens is 296 g/mol.